The van der Waals surface area contributed by atoms with Gasteiger partial charge < -0.3 is 10.1 Å². The molecule has 2 aromatic carbocycles. The lowest BCUT2D eigenvalue weighted by Gasteiger charge is -2.30. The summed E-state index contributed by atoms with van der Waals surface area (Å²) in [7, 11) is -3.68. The highest BCUT2D eigenvalue weighted by molar-refractivity contribution is 7.92. The van der Waals surface area contributed by atoms with E-state index in [1.54, 1.807) is 68.4 Å². The third kappa shape index (κ3) is 5.32. The maximum absolute atomic E-state index is 12.8. The van der Waals surface area contributed by atoms with Crippen LogP contribution in [0.5, 0.6) is 0 Å². The molecule has 0 aliphatic carbocycles. The topological polar surface area (TPSA) is 92.8 Å². The van der Waals surface area contributed by atoms with Crippen molar-refractivity contribution in [3.05, 3.63) is 60.2 Å². The van der Waals surface area contributed by atoms with E-state index in [1.807, 2.05) is 0 Å². The van der Waals surface area contributed by atoms with Crippen LogP contribution in [0.15, 0.2) is 54.6 Å². The molecule has 0 aromatic heterocycles. The van der Waals surface area contributed by atoms with Gasteiger partial charge in [0.2, 0.25) is 15.9 Å². The number of rotatable bonds is 8. The molecule has 1 N–H and O–H groups in total. The molecule has 0 bridgehead atoms. The van der Waals surface area contributed by atoms with Crippen LogP contribution in [0.1, 0.15) is 30.6 Å². The van der Waals surface area contributed by atoms with E-state index in [-0.39, 0.29) is 13.0 Å². The van der Waals surface area contributed by atoms with Crippen LogP contribution in [0.25, 0.3) is 0 Å². The van der Waals surface area contributed by atoms with Crippen molar-refractivity contribution in [2.75, 3.05) is 22.5 Å². The summed E-state index contributed by atoms with van der Waals surface area (Å²) in [6, 6.07) is 13.8. The summed E-state index contributed by atoms with van der Waals surface area (Å²) in [6.45, 7) is 3.74. The molecule has 1 unspecified atom stereocenters. The number of nitrogens with one attached hydrogen (secondary N) is 1. The van der Waals surface area contributed by atoms with E-state index >= 15 is 0 Å². The first-order chi connectivity index (χ1) is 13.3. The van der Waals surface area contributed by atoms with Crippen LogP contribution >= 0.6 is 0 Å². The highest BCUT2D eigenvalue weighted by Gasteiger charge is 2.31. The second kappa shape index (κ2) is 9.36. The summed E-state index contributed by atoms with van der Waals surface area (Å²) in [4.78, 5) is 24.5. The fraction of sp³-hybridized carbons (Fsp3) is 0.300. The summed E-state index contributed by atoms with van der Waals surface area (Å²) in [5, 5.41) is 2.72. The molecular formula is C20H24N2O5S. The Morgan fingerprint density at radius 2 is 1.64 bits per heavy atom. The molecular weight excluding hydrogens is 380 g/mol. The molecule has 150 valence electrons. The Bertz CT molecular complexity index is 911. The quantitative estimate of drug-likeness (QED) is 0.683. The molecule has 0 spiro atoms. The standard InChI is InChI=1S/C20H24N2O5S/c1-4-18(22(28(3,25)26)17-9-7-6-8-10-17)19(23)21-16-13-11-15(12-14-16)20(24)27-5-2/h6-14,18H,4-5H2,1-3H3,(H,21,23). The molecule has 1 atom stereocenters. The Morgan fingerprint density at radius 3 is 2.14 bits per heavy atom. The predicted octanol–water partition coefficient (Wildman–Crippen LogP) is 3.05. The lowest BCUT2D eigenvalue weighted by Crippen LogP contribution is -2.46. The van der Waals surface area contributed by atoms with Crippen LogP contribution < -0.4 is 9.62 Å². The second-order valence-corrected chi connectivity index (χ2v) is 7.96. The molecule has 7 nitrogen and oxygen atoms in total. The summed E-state index contributed by atoms with van der Waals surface area (Å²) < 4.78 is 30.8. The van der Waals surface area contributed by atoms with Crippen LogP contribution in [-0.4, -0.2) is 39.2 Å². The fourth-order valence-corrected chi connectivity index (χ4v) is 3.98. The van der Waals surface area contributed by atoms with Crippen molar-refractivity contribution in [2.45, 2.75) is 26.3 Å². The maximum Gasteiger partial charge on any atom is 0.338 e. The van der Waals surface area contributed by atoms with Crippen molar-refractivity contribution in [1.82, 2.24) is 0 Å². The van der Waals surface area contributed by atoms with Crippen molar-refractivity contribution in [1.29, 1.82) is 0 Å². The highest BCUT2D eigenvalue weighted by atomic mass is 32.2. The van der Waals surface area contributed by atoms with Gasteiger partial charge in [-0.2, -0.15) is 0 Å². The van der Waals surface area contributed by atoms with Crippen molar-refractivity contribution in [3.63, 3.8) is 0 Å². The minimum absolute atomic E-state index is 0.274. The van der Waals surface area contributed by atoms with E-state index < -0.39 is 27.9 Å². The summed E-state index contributed by atoms with van der Waals surface area (Å²) in [5.74, 6) is -0.903. The zero-order valence-electron chi connectivity index (χ0n) is 16.1. The van der Waals surface area contributed by atoms with Gasteiger partial charge in [-0.05, 0) is 49.7 Å². The predicted molar refractivity (Wildman–Crippen MR) is 109 cm³/mol. The molecule has 0 aliphatic rings. The van der Waals surface area contributed by atoms with Gasteiger partial charge in [0.1, 0.15) is 6.04 Å². The molecule has 0 aliphatic heterocycles. The number of carbonyl (C=O) groups excluding carboxylic acids is 2. The van der Waals surface area contributed by atoms with E-state index in [1.165, 1.54) is 0 Å². The van der Waals surface area contributed by atoms with E-state index in [4.69, 9.17) is 4.74 Å². The number of hydrogen-bond acceptors (Lipinski definition) is 5. The number of nitrogens with zero attached hydrogens (tertiary/aromatic N) is 1. The zero-order chi connectivity index (χ0) is 20.7. The first-order valence-corrected chi connectivity index (χ1v) is 10.7. The highest BCUT2D eigenvalue weighted by Crippen LogP contribution is 2.23. The molecule has 0 fully saturated rings. The van der Waals surface area contributed by atoms with E-state index in [0.717, 1.165) is 10.6 Å². The molecule has 0 saturated carbocycles. The van der Waals surface area contributed by atoms with E-state index in [2.05, 4.69) is 5.32 Å². The number of benzene rings is 2. The fourth-order valence-electron chi connectivity index (χ4n) is 2.76. The van der Waals surface area contributed by atoms with Crippen LogP contribution in [0.4, 0.5) is 11.4 Å². The smallest absolute Gasteiger partial charge is 0.338 e. The zero-order valence-corrected chi connectivity index (χ0v) is 16.9. The molecule has 2 aromatic rings. The van der Waals surface area contributed by atoms with Gasteiger partial charge in [-0.1, -0.05) is 25.1 Å². The number of esters is 1. The normalized spacial score (nSPS) is 12.1. The third-order valence-corrected chi connectivity index (χ3v) is 5.18. The van der Waals surface area contributed by atoms with Crippen molar-refractivity contribution < 1.29 is 22.7 Å². The third-order valence-electron chi connectivity index (χ3n) is 4.00. The maximum atomic E-state index is 12.8. The molecule has 0 radical (unpaired) electrons. The Kier molecular flexibility index (Phi) is 7.17. The first-order valence-electron chi connectivity index (χ1n) is 8.90. The number of ether oxygens (including phenoxy) is 1. The summed E-state index contributed by atoms with van der Waals surface area (Å²) in [5.41, 5.74) is 1.25. The Balaban J connectivity index is 2.23. The van der Waals surface area contributed by atoms with Crippen LogP contribution in [0.2, 0.25) is 0 Å². The molecule has 28 heavy (non-hydrogen) atoms. The van der Waals surface area contributed by atoms with Gasteiger partial charge in [0.15, 0.2) is 0 Å². The van der Waals surface area contributed by atoms with Gasteiger partial charge in [-0.25, -0.2) is 13.2 Å². The number of hydrogen-bond donors (Lipinski definition) is 1. The number of carbonyl (C=O) groups is 2. The van der Waals surface area contributed by atoms with Gasteiger partial charge >= 0.3 is 5.97 Å². The molecule has 2 rings (SSSR count). The first kappa shape index (κ1) is 21.4. The van der Waals surface area contributed by atoms with Crippen molar-refractivity contribution in [2.24, 2.45) is 0 Å². The Hall–Kier alpha value is -2.87. The van der Waals surface area contributed by atoms with Crippen LogP contribution in [0, 0.1) is 0 Å². The van der Waals surface area contributed by atoms with E-state index in [9.17, 15) is 18.0 Å². The number of sulfonamides is 1. The van der Waals surface area contributed by atoms with E-state index in [0.29, 0.717) is 16.9 Å². The van der Waals surface area contributed by atoms with Gasteiger partial charge in [-0.3, -0.25) is 9.10 Å². The molecule has 0 heterocycles. The van der Waals surface area contributed by atoms with Gasteiger partial charge in [0.05, 0.1) is 24.1 Å². The Labute approximate surface area is 165 Å². The van der Waals surface area contributed by atoms with Crippen molar-refractivity contribution >= 4 is 33.3 Å². The van der Waals surface area contributed by atoms with Gasteiger partial charge in [0, 0.05) is 5.69 Å². The molecule has 1 amide bonds. The van der Waals surface area contributed by atoms with Gasteiger partial charge in [0.25, 0.3) is 0 Å². The van der Waals surface area contributed by atoms with Crippen molar-refractivity contribution in [3.8, 4) is 0 Å². The van der Waals surface area contributed by atoms with Gasteiger partial charge in [-0.15, -0.1) is 0 Å². The number of para-hydroxylation sites is 1. The minimum Gasteiger partial charge on any atom is -0.462 e. The summed E-state index contributed by atoms with van der Waals surface area (Å²) in [6.07, 6.45) is 1.36. The number of anilines is 2. The number of amides is 1. The molecule has 8 heteroatoms. The minimum atomic E-state index is -3.68. The lowest BCUT2D eigenvalue weighted by molar-refractivity contribution is -0.117. The SMILES string of the molecule is CCOC(=O)c1ccc(NC(=O)C(CC)N(c2ccccc2)S(C)(=O)=O)cc1. The van der Waals surface area contributed by atoms with Crippen LogP contribution in [0.3, 0.4) is 0 Å². The average molecular weight is 404 g/mol. The largest absolute Gasteiger partial charge is 0.462 e. The molecule has 0 saturated heterocycles. The monoisotopic (exact) mass is 404 g/mol. The average Bonchev–Trinajstić information content (AvgIpc) is 2.66. The van der Waals surface area contributed by atoms with Crippen LogP contribution in [-0.2, 0) is 19.6 Å². The summed E-state index contributed by atoms with van der Waals surface area (Å²) >= 11 is 0. The Morgan fingerprint density at radius 1 is 1.04 bits per heavy atom. The lowest BCUT2D eigenvalue weighted by atomic mass is 10.1. The second-order valence-electron chi connectivity index (χ2n) is 6.11.